The van der Waals surface area contributed by atoms with Crippen LogP contribution in [0.15, 0.2) is 61.1 Å². The lowest BCUT2D eigenvalue weighted by Gasteiger charge is -2.26. The van der Waals surface area contributed by atoms with Crippen LogP contribution in [0.25, 0.3) is 22.2 Å². The number of nitrogens with one attached hydrogen (secondary N) is 1. The molecule has 4 heterocycles. The Labute approximate surface area is 211 Å². The van der Waals surface area contributed by atoms with E-state index in [-0.39, 0.29) is 18.8 Å². The van der Waals surface area contributed by atoms with Crippen LogP contribution in [-0.4, -0.2) is 45.0 Å². The Morgan fingerprint density at radius 2 is 1.97 bits per heavy atom. The fourth-order valence-corrected chi connectivity index (χ4v) is 4.21. The molecular weight excluding hydrogens is 477 g/mol. The fraction of sp³-hybridized carbons (Fsp3) is 0.222. The summed E-state index contributed by atoms with van der Waals surface area (Å²) < 4.78 is 19.4. The van der Waals surface area contributed by atoms with Crippen LogP contribution in [0.5, 0.6) is 5.75 Å². The summed E-state index contributed by atoms with van der Waals surface area (Å²) in [6.45, 7) is 2.96. The smallest absolute Gasteiger partial charge is 0.252 e. The standard InChI is InChI=1S/C27H24FN5O4/c1-26(25(29)35)14-37-23-19(26)10-21(33-22(23)15-3-5-18(28)6-4-15)27(2,36)13-32-24(34)17-9-16-7-8-30-12-20(16)31-11-17/h3-12,36H,13-14H2,1-2H3,(H2,29,35)(H,32,34)/t26-,27-/m0/s1. The first kappa shape index (κ1) is 24.3. The van der Waals surface area contributed by atoms with E-state index in [9.17, 15) is 19.1 Å². The number of amides is 2. The van der Waals surface area contributed by atoms with Gasteiger partial charge >= 0.3 is 0 Å². The zero-order chi connectivity index (χ0) is 26.4. The third-order valence-corrected chi connectivity index (χ3v) is 6.63. The highest BCUT2D eigenvalue weighted by molar-refractivity contribution is 5.97. The first-order valence-corrected chi connectivity index (χ1v) is 11.5. The molecule has 0 saturated heterocycles. The van der Waals surface area contributed by atoms with Crippen LogP contribution >= 0.6 is 0 Å². The van der Waals surface area contributed by atoms with E-state index in [0.717, 1.165) is 5.39 Å². The minimum Gasteiger partial charge on any atom is -0.489 e. The molecule has 1 aromatic carbocycles. The third-order valence-electron chi connectivity index (χ3n) is 6.63. The number of aliphatic hydroxyl groups is 1. The minimum atomic E-state index is -1.64. The van der Waals surface area contributed by atoms with E-state index < -0.39 is 28.6 Å². The number of carbonyl (C=O) groups is 2. The molecular formula is C27H24FN5O4. The second-order valence-corrected chi connectivity index (χ2v) is 9.47. The van der Waals surface area contributed by atoms with Crippen LogP contribution in [0.2, 0.25) is 0 Å². The third kappa shape index (κ3) is 4.36. The number of carbonyl (C=O) groups excluding carboxylic acids is 2. The van der Waals surface area contributed by atoms with Gasteiger partial charge < -0.3 is 20.9 Å². The maximum atomic E-state index is 13.6. The van der Waals surface area contributed by atoms with Crippen LogP contribution in [0.4, 0.5) is 4.39 Å². The minimum absolute atomic E-state index is 0.000354. The van der Waals surface area contributed by atoms with Gasteiger partial charge in [-0.15, -0.1) is 0 Å². The summed E-state index contributed by atoms with van der Waals surface area (Å²) in [6.07, 6.45) is 4.64. The number of hydrogen-bond acceptors (Lipinski definition) is 7. The maximum absolute atomic E-state index is 13.6. The first-order valence-electron chi connectivity index (χ1n) is 11.5. The number of nitrogens with zero attached hydrogens (tertiary/aromatic N) is 3. The number of hydrogen-bond donors (Lipinski definition) is 3. The van der Waals surface area contributed by atoms with Gasteiger partial charge in [-0.05, 0) is 56.3 Å². The quantitative estimate of drug-likeness (QED) is 0.369. The van der Waals surface area contributed by atoms with Gasteiger partial charge in [0.1, 0.15) is 34.9 Å². The predicted octanol–water partition coefficient (Wildman–Crippen LogP) is 2.60. The Morgan fingerprint density at radius 3 is 2.70 bits per heavy atom. The van der Waals surface area contributed by atoms with Gasteiger partial charge in [0.15, 0.2) is 0 Å². The average molecular weight is 502 g/mol. The van der Waals surface area contributed by atoms with Crippen LogP contribution in [0, 0.1) is 5.82 Å². The maximum Gasteiger partial charge on any atom is 0.252 e. The SMILES string of the molecule is C[C@](O)(CNC(=O)c1cnc2cnccc2c1)c1cc2c(c(-c3ccc(F)cc3)n1)OC[C@]2(C)C(N)=O. The van der Waals surface area contributed by atoms with Gasteiger partial charge in [-0.2, -0.15) is 0 Å². The van der Waals surface area contributed by atoms with Gasteiger partial charge in [-0.1, -0.05) is 0 Å². The van der Waals surface area contributed by atoms with Gasteiger partial charge in [0.25, 0.3) is 5.91 Å². The molecule has 10 heteroatoms. The monoisotopic (exact) mass is 501 g/mol. The number of rotatable bonds is 6. The molecule has 3 aromatic heterocycles. The van der Waals surface area contributed by atoms with Crippen LogP contribution < -0.4 is 15.8 Å². The number of benzene rings is 1. The highest BCUT2D eigenvalue weighted by Gasteiger charge is 2.45. The van der Waals surface area contributed by atoms with E-state index in [1.807, 2.05) is 0 Å². The predicted molar refractivity (Wildman–Crippen MR) is 133 cm³/mol. The number of halogens is 1. The highest BCUT2D eigenvalue weighted by atomic mass is 19.1. The molecule has 0 spiro atoms. The summed E-state index contributed by atoms with van der Waals surface area (Å²) in [4.78, 5) is 38.1. The molecule has 0 bridgehead atoms. The van der Waals surface area contributed by atoms with Crippen molar-refractivity contribution < 1.29 is 23.8 Å². The van der Waals surface area contributed by atoms with Crippen molar-refractivity contribution in [2.75, 3.05) is 13.2 Å². The summed E-state index contributed by atoms with van der Waals surface area (Å²) in [5, 5.41) is 14.9. The molecule has 2 amide bonds. The molecule has 5 rings (SSSR count). The molecule has 4 aromatic rings. The second-order valence-electron chi connectivity index (χ2n) is 9.47. The van der Waals surface area contributed by atoms with E-state index in [2.05, 4.69) is 20.3 Å². The van der Waals surface area contributed by atoms with Crippen molar-refractivity contribution in [1.82, 2.24) is 20.3 Å². The Bertz CT molecular complexity index is 1540. The number of pyridine rings is 3. The van der Waals surface area contributed by atoms with Crippen LogP contribution in [0.3, 0.4) is 0 Å². The number of ether oxygens (including phenoxy) is 1. The summed E-state index contributed by atoms with van der Waals surface area (Å²) in [5.74, 6) is -1.11. The molecule has 2 atom stereocenters. The van der Waals surface area contributed by atoms with Gasteiger partial charge in [-0.3, -0.25) is 19.6 Å². The molecule has 0 unspecified atom stereocenters. The molecule has 0 fully saturated rings. The van der Waals surface area contributed by atoms with E-state index in [1.165, 1.54) is 37.4 Å². The molecule has 9 nitrogen and oxygen atoms in total. The van der Waals surface area contributed by atoms with E-state index in [1.54, 1.807) is 37.5 Å². The topological polar surface area (TPSA) is 140 Å². The zero-order valence-electron chi connectivity index (χ0n) is 20.2. The normalized spacial score (nSPS) is 18.1. The van der Waals surface area contributed by atoms with E-state index in [0.29, 0.717) is 33.7 Å². The molecule has 0 saturated carbocycles. The largest absolute Gasteiger partial charge is 0.489 e. The van der Waals surface area contributed by atoms with Crippen molar-refractivity contribution in [3.05, 3.63) is 83.7 Å². The van der Waals surface area contributed by atoms with Crippen LogP contribution in [-0.2, 0) is 15.8 Å². The molecule has 0 aliphatic carbocycles. The number of nitrogens with two attached hydrogens (primary N) is 1. The lowest BCUT2D eigenvalue weighted by Crippen LogP contribution is -2.41. The van der Waals surface area contributed by atoms with E-state index >= 15 is 0 Å². The Morgan fingerprint density at radius 1 is 1.22 bits per heavy atom. The van der Waals surface area contributed by atoms with Crippen molar-refractivity contribution in [2.45, 2.75) is 24.9 Å². The van der Waals surface area contributed by atoms with Gasteiger partial charge in [0, 0.05) is 28.9 Å². The van der Waals surface area contributed by atoms with Gasteiger partial charge in [0.2, 0.25) is 5.91 Å². The fourth-order valence-electron chi connectivity index (χ4n) is 4.21. The summed E-state index contributed by atoms with van der Waals surface area (Å²) in [7, 11) is 0. The molecule has 1 aliphatic heterocycles. The molecule has 37 heavy (non-hydrogen) atoms. The van der Waals surface area contributed by atoms with Crippen molar-refractivity contribution in [3.63, 3.8) is 0 Å². The summed E-state index contributed by atoms with van der Waals surface area (Å²) >= 11 is 0. The van der Waals surface area contributed by atoms with Crippen molar-refractivity contribution in [3.8, 4) is 17.0 Å². The number of aromatic nitrogens is 3. The zero-order valence-corrected chi connectivity index (χ0v) is 20.2. The summed E-state index contributed by atoms with van der Waals surface area (Å²) in [5.41, 5.74) is 5.38. The number of primary amides is 1. The molecule has 1 aliphatic rings. The highest BCUT2D eigenvalue weighted by Crippen LogP contribution is 2.45. The summed E-state index contributed by atoms with van der Waals surface area (Å²) in [6, 6.07) is 10.6. The van der Waals surface area contributed by atoms with E-state index in [4.69, 9.17) is 10.5 Å². The Kier molecular flexibility index (Phi) is 5.83. The molecule has 0 radical (unpaired) electrons. The molecule has 4 N–H and O–H groups in total. The Hall–Kier alpha value is -4.44. The van der Waals surface area contributed by atoms with Gasteiger partial charge in [-0.25, -0.2) is 9.37 Å². The lowest BCUT2D eigenvalue weighted by molar-refractivity contribution is -0.123. The lowest BCUT2D eigenvalue weighted by atomic mass is 9.82. The Balaban J connectivity index is 1.49. The van der Waals surface area contributed by atoms with Crippen LogP contribution in [0.1, 0.15) is 35.5 Å². The number of fused-ring (bicyclic) bond motifs is 2. The molecule has 188 valence electrons. The van der Waals surface area contributed by atoms with Crippen molar-refractivity contribution in [1.29, 1.82) is 0 Å². The second kappa shape index (κ2) is 8.90. The van der Waals surface area contributed by atoms with Gasteiger partial charge in [0.05, 0.1) is 29.5 Å². The van der Waals surface area contributed by atoms with Crippen molar-refractivity contribution in [2.24, 2.45) is 5.73 Å². The average Bonchev–Trinajstić information content (AvgIpc) is 3.25. The first-order chi connectivity index (χ1) is 17.6. The van der Waals surface area contributed by atoms with Crippen molar-refractivity contribution >= 4 is 22.7 Å².